The quantitative estimate of drug-likeness (QED) is 0.597. The molecule has 0 nitrogen and oxygen atoms in total. The maximum Gasteiger partial charge on any atom is 0.126 e. The third-order valence-corrected chi connectivity index (χ3v) is 4.75. The Kier molecular flexibility index (Phi) is 4.15. The second kappa shape index (κ2) is 5.44. The number of rotatable bonds is 2. The van der Waals surface area contributed by atoms with Gasteiger partial charge in [0, 0.05) is 0 Å². The first-order valence-corrected chi connectivity index (χ1v) is 7.75. The summed E-state index contributed by atoms with van der Waals surface area (Å²) in [5.41, 5.74) is 5.26. The molecule has 0 fully saturated rings. The number of halogens is 1. The summed E-state index contributed by atoms with van der Waals surface area (Å²) < 4.78 is 13.3. The summed E-state index contributed by atoms with van der Waals surface area (Å²) in [4.78, 5) is 0. The zero-order chi connectivity index (χ0) is 15.8. The molecule has 0 aliphatic heterocycles. The van der Waals surface area contributed by atoms with Crippen LogP contribution in [0.3, 0.4) is 0 Å². The van der Waals surface area contributed by atoms with E-state index >= 15 is 0 Å². The minimum atomic E-state index is -0.137. The van der Waals surface area contributed by atoms with Gasteiger partial charge in [-0.1, -0.05) is 51.5 Å². The van der Waals surface area contributed by atoms with Gasteiger partial charge in [-0.2, -0.15) is 0 Å². The molecule has 1 heteroatoms. The van der Waals surface area contributed by atoms with E-state index in [0.29, 0.717) is 11.0 Å². The monoisotopic (exact) mass is 286 g/mol. The van der Waals surface area contributed by atoms with E-state index in [-0.39, 0.29) is 11.2 Å². The van der Waals surface area contributed by atoms with Crippen molar-refractivity contribution in [1.82, 2.24) is 0 Å². The molecule has 21 heavy (non-hydrogen) atoms. The Morgan fingerprint density at radius 1 is 1.05 bits per heavy atom. The van der Waals surface area contributed by atoms with Crippen LogP contribution in [0.25, 0.3) is 6.08 Å². The van der Waals surface area contributed by atoms with E-state index in [4.69, 9.17) is 0 Å². The molecule has 0 radical (unpaired) electrons. The Balaban J connectivity index is 2.32. The minimum absolute atomic E-state index is 0.137. The van der Waals surface area contributed by atoms with Gasteiger partial charge in [0.2, 0.25) is 0 Å². The normalized spacial score (nSPS) is 21.1. The smallest absolute Gasteiger partial charge is 0.126 e. The highest BCUT2D eigenvalue weighted by molar-refractivity contribution is 5.55. The van der Waals surface area contributed by atoms with E-state index in [1.54, 1.807) is 6.07 Å². The van der Waals surface area contributed by atoms with Gasteiger partial charge < -0.3 is 0 Å². The van der Waals surface area contributed by atoms with E-state index < -0.39 is 0 Å². The molecule has 0 amide bonds. The summed E-state index contributed by atoms with van der Waals surface area (Å²) in [5.74, 6) is -0.137. The maximum absolute atomic E-state index is 13.3. The van der Waals surface area contributed by atoms with E-state index in [9.17, 15) is 4.39 Å². The van der Waals surface area contributed by atoms with Crippen LogP contribution in [0.5, 0.6) is 0 Å². The first-order chi connectivity index (χ1) is 9.61. The summed E-state index contributed by atoms with van der Waals surface area (Å²) >= 11 is 0. The van der Waals surface area contributed by atoms with Gasteiger partial charge in [0.25, 0.3) is 0 Å². The fraction of sp³-hybridized carbons (Fsp3) is 0.500. The molecule has 0 unspecified atom stereocenters. The largest absolute Gasteiger partial charge is 0.207 e. The molecule has 0 bridgehead atoms. The molecule has 1 aliphatic carbocycles. The van der Waals surface area contributed by atoms with Crippen molar-refractivity contribution >= 4 is 6.08 Å². The lowest BCUT2D eigenvalue weighted by Gasteiger charge is -2.42. The fourth-order valence-electron chi connectivity index (χ4n) is 3.63. The Hall–Kier alpha value is -1.37. The Morgan fingerprint density at radius 2 is 1.71 bits per heavy atom. The highest BCUT2D eigenvalue weighted by Gasteiger charge is 2.36. The second-order valence-corrected chi connectivity index (χ2v) is 7.89. The van der Waals surface area contributed by atoms with Gasteiger partial charge in [-0.3, -0.25) is 0 Å². The van der Waals surface area contributed by atoms with Crippen LogP contribution in [0, 0.1) is 23.6 Å². The van der Waals surface area contributed by atoms with Gasteiger partial charge in [0.05, 0.1) is 0 Å². The average Bonchev–Trinajstić information content (AvgIpc) is 2.35. The van der Waals surface area contributed by atoms with Crippen LogP contribution in [-0.4, -0.2) is 0 Å². The second-order valence-electron chi connectivity index (χ2n) is 7.89. The Morgan fingerprint density at radius 3 is 2.33 bits per heavy atom. The number of hydrogen-bond donors (Lipinski definition) is 0. The standard InChI is InChI=1S/C20H27F/c1-14-11-16(8-10-18(14)21)7-9-17-12-19(3,4)13-20(5,6)15(17)2/h7-11H,12-13H2,1-6H3/b9-7+. The van der Waals surface area contributed by atoms with Gasteiger partial charge in [0.15, 0.2) is 0 Å². The number of allylic oxidation sites excluding steroid dienone is 3. The van der Waals surface area contributed by atoms with Crippen LogP contribution in [0.15, 0.2) is 35.4 Å². The SMILES string of the molecule is CC1=C(/C=C/c2ccc(F)c(C)c2)CC(C)(C)CC1(C)C. The molecule has 2 rings (SSSR count). The maximum atomic E-state index is 13.3. The molecule has 0 aromatic heterocycles. The molecule has 1 aromatic carbocycles. The minimum Gasteiger partial charge on any atom is -0.207 e. The predicted octanol–water partition coefficient (Wildman–Crippen LogP) is 6.31. The molecular weight excluding hydrogens is 259 g/mol. The third-order valence-electron chi connectivity index (χ3n) is 4.75. The zero-order valence-electron chi connectivity index (χ0n) is 14.2. The van der Waals surface area contributed by atoms with Gasteiger partial charge in [0.1, 0.15) is 5.82 Å². The molecule has 114 valence electrons. The molecule has 0 N–H and O–H groups in total. The third kappa shape index (κ3) is 3.64. The summed E-state index contributed by atoms with van der Waals surface area (Å²) in [6.45, 7) is 13.4. The van der Waals surface area contributed by atoms with E-state index in [0.717, 1.165) is 12.0 Å². The first kappa shape index (κ1) is 16.0. The van der Waals surface area contributed by atoms with Crippen molar-refractivity contribution in [3.63, 3.8) is 0 Å². The zero-order valence-corrected chi connectivity index (χ0v) is 14.2. The summed E-state index contributed by atoms with van der Waals surface area (Å²) in [5, 5.41) is 0. The van der Waals surface area contributed by atoms with Crippen LogP contribution in [-0.2, 0) is 0 Å². The molecule has 0 saturated heterocycles. The molecular formula is C20H27F. The lowest BCUT2D eigenvalue weighted by Crippen LogP contribution is -2.30. The molecule has 1 aromatic rings. The van der Waals surface area contributed by atoms with Crippen molar-refractivity contribution in [2.45, 2.75) is 54.4 Å². The number of benzene rings is 1. The fourth-order valence-corrected chi connectivity index (χ4v) is 3.63. The summed E-state index contributed by atoms with van der Waals surface area (Å²) in [6.07, 6.45) is 6.67. The average molecular weight is 286 g/mol. The van der Waals surface area contributed by atoms with Crippen molar-refractivity contribution in [2.24, 2.45) is 10.8 Å². The van der Waals surface area contributed by atoms with E-state index in [1.165, 1.54) is 17.6 Å². The van der Waals surface area contributed by atoms with Crippen LogP contribution < -0.4 is 0 Å². The van der Waals surface area contributed by atoms with Crippen LogP contribution >= 0.6 is 0 Å². The Labute approximate surface area is 128 Å². The van der Waals surface area contributed by atoms with Gasteiger partial charge in [-0.25, -0.2) is 4.39 Å². The van der Waals surface area contributed by atoms with Crippen LogP contribution in [0.4, 0.5) is 4.39 Å². The van der Waals surface area contributed by atoms with Crippen LogP contribution in [0.1, 0.15) is 58.6 Å². The predicted molar refractivity (Wildman–Crippen MR) is 89.7 cm³/mol. The highest BCUT2D eigenvalue weighted by Crippen LogP contribution is 2.49. The number of aryl methyl sites for hydroxylation is 1. The van der Waals surface area contributed by atoms with Crippen molar-refractivity contribution in [3.05, 3.63) is 52.4 Å². The molecule has 0 spiro atoms. The first-order valence-electron chi connectivity index (χ1n) is 7.75. The number of hydrogen-bond acceptors (Lipinski definition) is 0. The van der Waals surface area contributed by atoms with Crippen LogP contribution in [0.2, 0.25) is 0 Å². The molecule has 0 heterocycles. The molecule has 0 atom stereocenters. The van der Waals surface area contributed by atoms with E-state index in [1.807, 2.05) is 19.1 Å². The highest BCUT2D eigenvalue weighted by atomic mass is 19.1. The van der Waals surface area contributed by atoms with Crippen molar-refractivity contribution in [3.8, 4) is 0 Å². The van der Waals surface area contributed by atoms with Crippen molar-refractivity contribution in [2.75, 3.05) is 0 Å². The van der Waals surface area contributed by atoms with Gasteiger partial charge >= 0.3 is 0 Å². The molecule has 0 saturated carbocycles. The topological polar surface area (TPSA) is 0 Å². The van der Waals surface area contributed by atoms with Crippen molar-refractivity contribution < 1.29 is 4.39 Å². The molecule has 1 aliphatic rings. The summed E-state index contributed by atoms with van der Waals surface area (Å²) in [7, 11) is 0. The van der Waals surface area contributed by atoms with Gasteiger partial charge in [-0.15, -0.1) is 0 Å². The van der Waals surface area contributed by atoms with E-state index in [2.05, 4.69) is 46.8 Å². The summed E-state index contributed by atoms with van der Waals surface area (Å²) in [6, 6.07) is 5.29. The lowest BCUT2D eigenvalue weighted by atomic mass is 9.63. The van der Waals surface area contributed by atoms with Gasteiger partial charge in [-0.05, 0) is 66.4 Å². The lowest BCUT2D eigenvalue weighted by molar-refractivity contribution is 0.203. The van der Waals surface area contributed by atoms with Crippen molar-refractivity contribution in [1.29, 1.82) is 0 Å². The Bertz CT molecular complexity index is 600.